The third-order valence-electron chi connectivity index (χ3n) is 4.24. The lowest BCUT2D eigenvalue weighted by Gasteiger charge is -2.40. The molecule has 0 aromatic rings. The van der Waals surface area contributed by atoms with Gasteiger partial charge in [-0.25, -0.2) is 0 Å². The summed E-state index contributed by atoms with van der Waals surface area (Å²) < 4.78 is 0. The molecule has 0 spiro atoms. The molecule has 0 saturated carbocycles. The van der Waals surface area contributed by atoms with Crippen LogP contribution in [-0.2, 0) is 0 Å². The van der Waals surface area contributed by atoms with Crippen molar-refractivity contribution >= 4 is 0 Å². The van der Waals surface area contributed by atoms with Crippen LogP contribution in [0.2, 0.25) is 0 Å². The molecule has 2 aliphatic heterocycles. The van der Waals surface area contributed by atoms with Gasteiger partial charge in [0.15, 0.2) is 0 Å². The molecule has 0 amide bonds. The number of nitrogens with one attached hydrogen (secondary N) is 2. The zero-order valence-electron chi connectivity index (χ0n) is 10.9. The molecule has 2 heterocycles. The summed E-state index contributed by atoms with van der Waals surface area (Å²) in [6, 6.07) is 1.28. The number of piperazine rings is 1. The highest BCUT2D eigenvalue weighted by molar-refractivity contribution is 4.94. The number of hydrogen-bond acceptors (Lipinski definition) is 4. The summed E-state index contributed by atoms with van der Waals surface area (Å²) >= 11 is 0. The van der Waals surface area contributed by atoms with Crippen LogP contribution in [0, 0.1) is 5.92 Å². The van der Waals surface area contributed by atoms with E-state index < -0.39 is 0 Å². The van der Waals surface area contributed by atoms with Crippen LogP contribution in [0.1, 0.15) is 6.42 Å². The van der Waals surface area contributed by atoms with E-state index in [1.807, 2.05) is 0 Å². The van der Waals surface area contributed by atoms with Gasteiger partial charge in [0, 0.05) is 38.3 Å². The minimum absolute atomic E-state index is 0.628. The van der Waals surface area contributed by atoms with Crippen molar-refractivity contribution in [2.75, 3.05) is 53.9 Å². The van der Waals surface area contributed by atoms with Crippen LogP contribution in [0.3, 0.4) is 0 Å². The zero-order valence-corrected chi connectivity index (χ0v) is 10.9. The Labute approximate surface area is 99.4 Å². The van der Waals surface area contributed by atoms with E-state index >= 15 is 0 Å². The fraction of sp³-hybridized carbons (Fsp3) is 1.00. The Hall–Kier alpha value is -0.160. The van der Waals surface area contributed by atoms with E-state index in [9.17, 15) is 0 Å². The highest BCUT2D eigenvalue weighted by atomic mass is 15.2. The molecule has 16 heavy (non-hydrogen) atoms. The fourth-order valence-corrected chi connectivity index (χ4v) is 3.23. The first-order valence-electron chi connectivity index (χ1n) is 6.49. The largest absolute Gasteiger partial charge is 0.315 e. The highest BCUT2D eigenvalue weighted by Gasteiger charge is 2.35. The molecule has 0 aromatic carbocycles. The molecular formula is C12H26N4. The minimum atomic E-state index is 0.628. The van der Waals surface area contributed by atoms with Gasteiger partial charge in [0.25, 0.3) is 0 Å². The Balaban J connectivity index is 1.97. The van der Waals surface area contributed by atoms with Crippen molar-refractivity contribution in [2.24, 2.45) is 5.92 Å². The van der Waals surface area contributed by atoms with Gasteiger partial charge in [-0.1, -0.05) is 0 Å². The zero-order chi connectivity index (χ0) is 11.5. The van der Waals surface area contributed by atoms with Crippen LogP contribution in [-0.4, -0.2) is 75.8 Å². The fourth-order valence-electron chi connectivity index (χ4n) is 3.23. The van der Waals surface area contributed by atoms with E-state index in [0.717, 1.165) is 19.0 Å². The maximum atomic E-state index is 3.56. The van der Waals surface area contributed by atoms with Crippen LogP contribution in [0.4, 0.5) is 0 Å². The molecule has 4 nitrogen and oxygen atoms in total. The van der Waals surface area contributed by atoms with E-state index in [4.69, 9.17) is 0 Å². The molecule has 2 fully saturated rings. The van der Waals surface area contributed by atoms with Gasteiger partial charge in [-0.3, -0.25) is 4.90 Å². The molecule has 4 heteroatoms. The minimum Gasteiger partial charge on any atom is -0.315 e. The van der Waals surface area contributed by atoms with E-state index in [1.165, 1.54) is 26.1 Å². The Morgan fingerprint density at radius 3 is 2.69 bits per heavy atom. The van der Waals surface area contributed by atoms with Crippen LogP contribution >= 0.6 is 0 Å². The predicted molar refractivity (Wildman–Crippen MR) is 67.7 cm³/mol. The van der Waals surface area contributed by atoms with Gasteiger partial charge >= 0.3 is 0 Å². The van der Waals surface area contributed by atoms with Crippen LogP contribution in [0.15, 0.2) is 0 Å². The van der Waals surface area contributed by atoms with Crippen molar-refractivity contribution in [2.45, 2.75) is 18.5 Å². The predicted octanol–water partition coefficient (Wildman–Crippen LogP) is -0.570. The topological polar surface area (TPSA) is 30.5 Å². The van der Waals surface area contributed by atoms with Crippen LogP contribution < -0.4 is 10.6 Å². The van der Waals surface area contributed by atoms with E-state index in [0.29, 0.717) is 12.1 Å². The summed E-state index contributed by atoms with van der Waals surface area (Å²) in [6.45, 7) is 5.93. The molecule has 0 aliphatic carbocycles. The highest BCUT2D eigenvalue weighted by Crippen LogP contribution is 2.22. The summed E-state index contributed by atoms with van der Waals surface area (Å²) in [4.78, 5) is 4.96. The van der Waals surface area contributed by atoms with Crippen molar-refractivity contribution in [3.63, 3.8) is 0 Å². The molecule has 2 saturated heterocycles. The normalized spacial score (nSPS) is 35.4. The van der Waals surface area contributed by atoms with Gasteiger partial charge in [-0.15, -0.1) is 0 Å². The lowest BCUT2D eigenvalue weighted by molar-refractivity contribution is 0.133. The van der Waals surface area contributed by atoms with Gasteiger partial charge < -0.3 is 15.5 Å². The summed E-state index contributed by atoms with van der Waals surface area (Å²) in [5.41, 5.74) is 0. The van der Waals surface area contributed by atoms with Gasteiger partial charge in [0.05, 0.1) is 0 Å². The number of hydrogen-bond donors (Lipinski definition) is 2. The average molecular weight is 226 g/mol. The molecule has 3 atom stereocenters. The first-order chi connectivity index (χ1) is 7.72. The SMILES string of the molecule is CNC(C1CCN(C)C1)C1CNCCN1C. The summed E-state index contributed by atoms with van der Waals surface area (Å²) in [5, 5.41) is 7.08. The number of likely N-dealkylation sites (N-methyl/N-ethyl adjacent to an activating group) is 2. The van der Waals surface area contributed by atoms with Crippen LogP contribution in [0.25, 0.3) is 0 Å². The average Bonchev–Trinajstić information content (AvgIpc) is 2.69. The van der Waals surface area contributed by atoms with Crippen LogP contribution in [0.5, 0.6) is 0 Å². The Morgan fingerprint density at radius 2 is 2.12 bits per heavy atom. The summed E-state index contributed by atoms with van der Waals surface area (Å²) in [5.74, 6) is 0.808. The summed E-state index contributed by atoms with van der Waals surface area (Å²) in [7, 11) is 6.61. The van der Waals surface area contributed by atoms with Crippen molar-refractivity contribution in [1.82, 2.24) is 20.4 Å². The Bertz CT molecular complexity index is 221. The lowest BCUT2D eigenvalue weighted by Crippen LogP contribution is -2.60. The third kappa shape index (κ3) is 2.56. The third-order valence-corrected chi connectivity index (χ3v) is 4.24. The quantitative estimate of drug-likeness (QED) is 0.675. The van der Waals surface area contributed by atoms with Crippen molar-refractivity contribution in [1.29, 1.82) is 0 Å². The van der Waals surface area contributed by atoms with Crippen molar-refractivity contribution in [3.05, 3.63) is 0 Å². The molecule has 2 N–H and O–H groups in total. The van der Waals surface area contributed by atoms with Gasteiger partial charge in [0.1, 0.15) is 0 Å². The van der Waals surface area contributed by atoms with E-state index in [1.54, 1.807) is 0 Å². The van der Waals surface area contributed by atoms with Crippen molar-refractivity contribution in [3.8, 4) is 0 Å². The Kier molecular flexibility index (Phi) is 4.19. The molecule has 0 radical (unpaired) electrons. The molecule has 2 aliphatic rings. The number of rotatable bonds is 3. The van der Waals surface area contributed by atoms with Gasteiger partial charge in [0.2, 0.25) is 0 Å². The monoisotopic (exact) mass is 226 g/mol. The smallest absolute Gasteiger partial charge is 0.0374 e. The standard InChI is InChI=1S/C12H26N4/c1-13-12(10-4-6-15(2)9-10)11-8-14-5-7-16(11)3/h10-14H,4-9H2,1-3H3. The van der Waals surface area contributed by atoms with Crippen molar-refractivity contribution < 1.29 is 0 Å². The molecule has 3 unspecified atom stereocenters. The number of nitrogens with zero attached hydrogens (tertiary/aromatic N) is 2. The molecular weight excluding hydrogens is 200 g/mol. The molecule has 0 aromatic heterocycles. The second-order valence-corrected chi connectivity index (χ2v) is 5.38. The maximum absolute atomic E-state index is 3.56. The first-order valence-corrected chi connectivity index (χ1v) is 6.49. The summed E-state index contributed by atoms with van der Waals surface area (Å²) in [6.07, 6.45) is 1.34. The van der Waals surface area contributed by atoms with E-state index in [2.05, 4.69) is 41.6 Å². The second-order valence-electron chi connectivity index (χ2n) is 5.38. The maximum Gasteiger partial charge on any atom is 0.0374 e. The van der Waals surface area contributed by atoms with Gasteiger partial charge in [-0.05, 0) is 40.0 Å². The lowest BCUT2D eigenvalue weighted by atomic mass is 9.90. The van der Waals surface area contributed by atoms with E-state index in [-0.39, 0.29) is 0 Å². The second kappa shape index (κ2) is 5.45. The van der Waals surface area contributed by atoms with Gasteiger partial charge in [-0.2, -0.15) is 0 Å². The molecule has 94 valence electrons. The Morgan fingerprint density at radius 1 is 1.31 bits per heavy atom. The first kappa shape index (κ1) is 12.3. The molecule has 0 bridgehead atoms. The molecule has 2 rings (SSSR count). The number of likely N-dealkylation sites (tertiary alicyclic amines) is 1.